The third-order valence-corrected chi connectivity index (χ3v) is 7.59. The molecule has 3 aromatic rings. The number of nitro benzene ring substituents is 2. The highest BCUT2D eigenvalue weighted by Gasteiger charge is 2.27. The van der Waals surface area contributed by atoms with Crippen LogP contribution in [0.3, 0.4) is 0 Å². The molecule has 0 radical (unpaired) electrons. The summed E-state index contributed by atoms with van der Waals surface area (Å²) in [6, 6.07) is 8.12. The first-order chi connectivity index (χ1) is 20.2. The predicted octanol–water partition coefficient (Wildman–Crippen LogP) is 2.39. The van der Waals surface area contributed by atoms with Gasteiger partial charge in [0.2, 0.25) is 10.3 Å². The molecule has 1 N–H and O–H groups in total. The molecule has 0 bridgehead atoms. The molecule has 0 saturated carbocycles. The molecule has 0 unspecified atom stereocenters. The SMILES string of the molecule is Cc1nnc(SC(=O)c2cc([N+](=O)[O-])ccc2N2CCOCC2)n1NC(=O)c1cc([N+](=O)[O-])ccc1N1CCOCC1. The van der Waals surface area contributed by atoms with Crippen LogP contribution in [0.5, 0.6) is 0 Å². The van der Waals surface area contributed by atoms with Crippen molar-refractivity contribution in [2.24, 2.45) is 0 Å². The van der Waals surface area contributed by atoms with E-state index in [1.807, 2.05) is 9.80 Å². The summed E-state index contributed by atoms with van der Waals surface area (Å²) in [4.78, 5) is 52.7. The van der Waals surface area contributed by atoms with E-state index in [2.05, 4.69) is 15.6 Å². The smallest absolute Gasteiger partial charge is 0.272 e. The molecular formula is C25H26N8O8S. The van der Waals surface area contributed by atoms with Crippen molar-refractivity contribution >= 4 is 45.5 Å². The molecule has 17 heteroatoms. The number of amides is 1. The van der Waals surface area contributed by atoms with Gasteiger partial charge in [0.15, 0.2) is 0 Å². The lowest BCUT2D eigenvalue weighted by Gasteiger charge is -2.30. The molecule has 3 heterocycles. The zero-order valence-corrected chi connectivity index (χ0v) is 23.2. The average molecular weight is 599 g/mol. The van der Waals surface area contributed by atoms with E-state index in [0.717, 1.165) is 0 Å². The Morgan fingerprint density at radius 1 is 0.833 bits per heavy atom. The van der Waals surface area contributed by atoms with E-state index >= 15 is 0 Å². The minimum Gasteiger partial charge on any atom is -0.378 e. The lowest BCUT2D eigenvalue weighted by molar-refractivity contribution is -0.385. The molecule has 0 aliphatic carbocycles. The molecule has 2 aliphatic heterocycles. The number of non-ortho nitro benzene ring substituents is 2. The van der Waals surface area contributed by atoms with Crippen molar-refractivity contribution in [3.05, 3.63) is 73.6 Å². The Bertz CT molecular complexity index is 1530. The van der Waals surface area contributed by atoms with Crippen molar-refractivity contribution in [1.82, 2.24) is 14.9 Å². The number of thioether (sulfide) groups is 1. The molecule has 5 rings (SSSR count). The Morgan fingerprint density at radius 2 is 1.33 bits per heavy atom. The summed E-state index contributed by atoms with van der Waals surface area (Å²) in [6.45, 7) is 5.33. The van der Waals surface area contributed by atoms with Gasteiger partial charge in [-0.15, -0.1) is 10.2 Å². The van der Waals surface area contributed by atoms with Gasteiger partial charge in [-0.25, -0.2) is 4.68 Å². The van der Waals surface area contributed by atoms with Gasteiger partial charge in [-0.2, -0.15) is 0 Å². The summed E-state index contributed by atoms with van der Waals surface area (Å²) >= 11 is 0.640. The number of nitrogens with one attached hydrogen (secondary N) is 1. The van der Waals surface area contributed by atoms with Gasteiger partial charge in [-0.1, -0.05) is 0 Å². The fourth-order valence-electron chi connectivity index (χ4n) is 4.62. The number of hydrogen-bond donors (Lipinski definition) is 1. The number of rotatable bonds is 8. The van der Waals surface area contributed by atoms with E-state index in [0.29, 0.717) is 75.7 Å². The van der Waals surface area contributed by atoms with Crippen LogP contribution in [0.1, 0.15) is 26.5 Å². The Labute approximate surface area is 242 Å². The second-order valence-corrected chi connectivity index (χ2v) is 10.3. The highest BCUT2D eigenvalue weighted by molar-refractivity contribution is 8.14. The number of carbonyl (C=O) groups is 2. The van der Waals surface area contributed by atoms with Crippen LogP contribution in [0.4, 0.5) is 22.7 Å². The van der Waals surface area contributed by atoms with Crippen molar-refractivity contribution in [1.29, 1.82) is 0 Å². The van der Waals surface area contributed by atoms with Gasteiger partial charge in [0.1, 0.15) is 5.82 Å². The zero-order chi connectivity index (χ0) is 29.8. The van der Waals surface area contributed by atoms with Gasteiger partial charge < -0.3 is 19.3 Å². The molecule has 0 atom stereocenters. The molecule has 2 saturated heterocycles. The first-order valence-electron chi connectivity index (χ1n) is 12.9. The maximum atomic E-state index is 13.5. The highest BCUT2D eigenvalue weighted by Crippen LogP contribution is 2.32. The number of carbonyl (C=O) groups excluding carboxylic acids is 2. The molecule has 2 fully saturated rings. The molecular weight excluding hydrogens is 572 g/mol. The van der Waals surface area contributed by atoms with Gasteiger partial charge in [0, 0.05) is 56.1 Å². The summed E-state index contributed by atoms with van der Waals surface area (Å²) in [5.74, 6) is -0.439. The van der Waals surface area contributed by atoms with Gasteiger partial charge in [0.05, 0.1) is 53.1 Å². The van der Waals surface area contributed by atoms with E-state index in [-0.39, 0.29) is 33.5 Å². The molecule has 220 valence electrons. The minimum atomic E-state index is -0.679. The van der Waals surface area contributed by atoms with Crippen LogP contribution in [0.2, 0.25) is 0 Å². The number of benzene rings is 2. The van der Waals surface area contributed by atoms with Crippen LogP contribution in [0.15, 0.2) is 41.6 Å². The van der Waals surface area contributed by atoms with Crippen molar-refractivity contribution < 1.29 is 28.9 Å². The summed E-state index contributed by atoms with van der Waals surface area (Å²) in [7, 11) is 0. The van der Waals surface area contributed by atoms with E-state index in [9.17, 15) is 29.8 Å². The Balaban J connectivity index is 1.44. The van der Waals surface area contributed by atoms with E-state index in [1.165, 1.54) is 41.1 Å². The number of ether oxygens (including phenoxy) is 2. The van der Waals surface area contributed by atoms with Crippen molar-refractivity contribution in [2.75, 3.05) is 67.8 Å². The third kappa shape index (κ3) is 6.17. The number of hydrogen-bond acceptors (Lipinski definition) is 13. The predicted molar refractivity (Wildman–Crippen MR) is 151 cm³/mol. The molecule has 42 heavy (non-hydrogen) atoms. The minimum absolute atomic E-state index is 0.00337. The Hall–Kier alpha value is -4.61. The van der Waals surface area contributed by atoms with Crippen LogP contribution >= 0.6 is 11.8 Å². The molecule has 16 nitrogen and oxygen atoms in total. The van der Waals surface area contributed by atoms with Crippen LogP contribution in [0, 0.1) is 27.2 Å². The van der Waals surface area contributed by atoms with Gasteiger partial charge in [-0.05, 0) is 30.8 Å². The van der Waals surface area contributed by atoms with Gasteiger partial charge in [0.25, 0.3) is 17.3 Å². The number of nitrogens with zero attached hydrogens (tertiary/aromatic N) is 7. The van der Waals surface area contributed by atoms with E-state index in [1.54, 1.807) is 6.92 Å². The fourth-order valence-corrected chi connectivity index (χ4v) is 5.41. The Kier molecular flexibility index (Phi) is 8.60. The number of nitro groups is 2. The first kappa shape index (κ1) is 28.9. The monoisotopic (exact) mass is 598 g/mol. The van der Waals surface area contributed by atoms with Crippen molar-refractivity contribution in [2.45, 2.75) is 12.1 Å². The molecule has 1 amide bonds. The third-order valence-electron chi connectivity index (χ3n) is 6.74. The largest absolute Gasteiger partial charge is 0.378 e. The summed E-state index contributed by atoms with van der Waals surface area (Å²) in [5, 5.41) is 30.4. The summed E-state index contributed by atoms with van der Waals surface area (Å²) in [5.41, 5.74) is 3.30. The summed E-state index contributed by atoms with van der Waals surface area (Å²) in [6.07, 6.45) is 0. The fraction of sp³-hybridized carbons (Fsp3) is 0.360. The highest BCUT2D eigenvalue weighted by atomic mass is 32.2. The van der Waals surface area contributed by atoms with Crippen molar-refractivity contribution in [3.63, 3.8) is 0 Å². The first-order valence-corrected chi connectivity index (χ1v) is 13.7. The average Bonchev–Trinajstić information content (AvgIpc) is 3.35. The van der Waals surface area contributed by atoms with E-state index < -0.39 is 20.9 Å². The van der Waals surface area contributed by atoms with Crippen LogP contribution in [-0.4, -0.2) is 88.3 Å². The summed E-state index contributed by atoms with van der Waals surface area (Å²) < 4.78 is 12.0. The van der Waals surface area contributed by atoms with Crippen molar-refractivity contribution in [3.8, 4) is 0 Å². The topological polar surface area (TPSA) is 188 Å². The molecule has 1 aromatic heterocycles. The van der Waals surface area contributed by atoms with Crippen LogP contribution in [-0.2, 0) is 9.47 Å². The second-order valence-electron chi connectivity index (χ2n) is 9.31. The Morgan fingerprint density at radius 3 is 1.86 bits per heavy atom. The number of aryl methyl sites for hydroxylation is 1. The standard InChI is InChI=1S/C25H26N8O8S/c1-16-26-27-25(42-24(35)20-15-18(33(38)39)3-5-22(20)30-8-12-41-13-9-30)31(16)28-23(34)19-14-17(32(36)37)2-4-21(19)29-6-10-40-11-7-29/h2-5,14-15H,6-13H2,1H3,(H,28,34). The molecule has 0 spiro atoms. The molecule has 2 aliphatic rings. The van der Waals surface area contributed by atoms with Crippen LogP contribution < -0.4 is 15.2 Å². The normalized spacial score (nSPS) is 15.4. The van der Waals surface area contributed by atoms with Gasteiger partial charge in [-0.3, -0.25) is 35.2 Å². The zero-order valence-electron chi connectivity index (χ0n) is 22.4. The second kappa shape index (κ2) is 12.5. The van der Waals surface area contributed by atoms with Gasteiger partial charge >= 0.3 is 0 Å². The number of aromatic nitrogens is 3. The lowest BCUT2D eigenvalue weighted by Crippen LogP contribution is -2.38. The lowest BCUT2D eigenvalue weighted by atomic mass is 10.1. The quantitative estimate of drug-likeness (QED) is 0.226. The number of anilines is 2. The van der Waals surface area contributed by atoms with E-state index in [4.69, 9.17) is 9.47 Å². The maximum Gasteiger partial charge on any atom is 0.272 e. The maximum absolute atomic E-state index is 13.5. The number of morpholine rings is 2. The molecule has 2 aromatic carbocycles. The van der Waals surface area contributed by atoms with Crippen LogP contribution in [0.25, 0.3) is 0 Å².